The molecular formula is C14H28N4. The highest BCUT2D eigenvalue weighted by Crippen LogP contribution is 2.17. The zero-order chi connectivity index (χ0) is 12.8. The highest BCUT2D eigenvalue weighted by molar-refractivity contribution is 5.78. The predicted molar refractivity (Wildman–Crippen MR) is 76.8 cm³/mol. The van der Waals surface area contributed by atoms with Crippen molar-refractivity contribution in [3.63, 3.8) is 0 Å². The van der Waals surface area contributed by atoms with E-state index in [0.717, 1.165) is 6.54 Å². The van der Waals surface area contributed by atoms with Gasteiger partial charge >= 0.3 is 0 Å². The van der Waals surface area contributed by atoms with E-state index < -0.39 is 0 Å². The number of hydrogen-bond acceptors (Lipinski definition) is 2. The van der Waals surface area contributed by atoms with E-state index in [1.165, 1.54) is 57.9 Å². The largest absolute Gasteiger partial charge is 0.370 e. The van der Waals surface area contributed by atoms with E-state index in [1.54, 1.807) is 0 Å². The first-order chi connectivity index (χ1) is 8.75. The number of likely N-dealkylation sites (N-methyl/N-ethyl adjacent to an activating group) is 1. The van der Waals surface area contributed by atoms with Gasteiger partial charge in [0.05, 0.1) is 6.54 Å². The summed E-state index contributed by atoms with van der Waals surface area (Å²) in [6.45, 7) is 2.05. The van der Waals surface area contributed by atoms with Crippen LogP contribution in [0, 0.1) is 0 Å². The van der Waals surface area contributed by atoms with Crippen molar-refractivity contribution in [3.05, 3.63) is 0 Å². The summed E-state index contributed by atoms with van der Waals surface area (Å²) in [5.74, 6) is 0.655. The summed E-state index contributed by atoms with van der Waals surface area (Å²) < 4.78 is 0. The Kier molecular flexibility index (Phi) is 5.29. The van der Waals surface area contributed by atoms with E-state index in [0.29, 0.717) is 18.0 Å². The maximum absolute atomic E-state index is 6.00. The van der Waals surface area contributed by atoms with Crippen LogP contribution in [-0.2, 0) is 0 Å². The molecule has 0 aromatic carbocycles. The summed E-state index contributed by atoms with van der Waals surface area (Å²) >= 11 is 0. The monoisotopic (exact) mass is 252 g/mol. The lowest BCUT2D eigenvalue weighted by molar-refractivity contribution is 0.317. The second kappa shape index (κ2) is 6.98. The molecule has 4 heteroatoms. The average molecular weight is 252 g/mol. The van der Waals surface area contributed by atoms with Crippen LogP contribution < -0.4 is 11.1 Å². The molecular weight excluding hydrogens is 224 g/mol. The molecule has 1 saturated carbocycles. The third-order valence-electron chi connectivity index (χ3n) is 4.35. The lowest BCUT2D eigenvalue weighted by Gasteiger charge is -2.19. The van der Waals surface area contributed by atoms with Crippen LogP contribution in [0.2, 0.25) is 0 Å². The van der Waals surface area contributed by atoms with E-state index in [4.69, 9.17) is 5.73 Å². The number of nitrogens with two attached hydrogens (primary N) is 1. The molecule has 104 valence electrons. The Hall–Kier alpha value is -0.770. The van der Waals surface area contributed by atoms with Crippen molar-refractivity contribution in [1.29, 1.82) is 0 Å². The van der Waals surface area contributed by atoms with Gasteiger partial charge in [0, 0.05) is 12.1 Å². The van der Waals surface area contributed by atoms with Crippen molar-refractivity contribution in [2.45, 2.75) is 63.5 Å². The van der Waals surface area contributed by atoms with Crippen LogP contribution in [0.4, 0.5) is 0 Å². The molecule has 1 atom stereocenters. The Morgan fingerprint density at radius 3 is 2.50 bits per heavy atom. The highest BCUT2D eigenvalue weighted by Gasteiger charge is 2.20. The number of nitrogens with zero attached hydrogens (tertiary/aromatic N) is 2. The molecule has 2 rings (SSSR count). The van der Waals surface area contributed by atoms with Gasteiger partial charge in [0.15, 0.2) is 5.96 Å². The Bertz CT molecular complexity index is 269. The summed E-state index contributed by atoms with van der Waals surface area (Å²) in [5.41, 5.74) is 6.00. The smallest absolute Gasteiger partial charge is 0.188 e. The fourth-order valence-corrected chi connectivity index (χ4v) is 3.09. The summed E-state index contributed by atoms with van der Waals surface area (Å²) in [5, 5.41) is 3.41. The van der Waals surface area contributed by atoms with Crippen LogP contribution in [0.5, 0.6) is 0 Å². The van der Waals surface area contributed by atoms with Crippen LogP contribution >= 0.6 is 0 Å². The van der Waals surface area contributed by atoms with Crippen LogP contribution in [0.15, 0.2) is 4.99 Å². The van der Waals surface area contributed by atoms with Crippen LogP contribution in [0.1, 0.15) is 51.4 Å². The number of guanidine groups is 1. The van der Waals surface area contributed by atoms with E-state index in [2.05, 4.69) is 22.3 Å². The molecule has 0 aromatic rings. The van der Waals surface area contributed by atoms with Crippen molar-refractivity contribution in [3.8, 4) is 0 Å². The average Bonchev–Trinajstić information content (AvgIpc) is 2.61. The highest BCUT2D eigenvalue weighted by atomic mass is 15.2. The van der Waals surface area contributed by atoms with Gasteiger partial charge in [-0.3, -0.25) is 4.99 Å². The van der Waals surface area contributed by atoms with Gasteiger partial charge in [-0.1, -0.05) is 25.7 Å². The van der Waals surface area contributed by atoms with Crippen molar-refractivity contribution in [2.24, 2.45) is 10.7 Å². The maximum Gasteiger partial charge on any atom is 0.188 e. The first-order valence-corrected chi connectivity index (χ1v) is 7.52. The van der Waals surface area contributed by atoms with Gasteiger partial charge in [0.1, 0.15) is 0 Å². The maximum atomic E-state index is 6.00. The molecule has 3 N–H and O–H groups in total. The predicted octanol–water partition coefficient (Wildman–Crippen LogP) is 1.71. The van der Waals surface area contributed by atoms with Gasteiger partial charge in [0.25, 0.3) is 0 Å². The van der Waals surface area contributed by atoms with Crippen molar-refractivity contribution < 1.29 is 0 Å². The lowest BCUT2D eigenvalue weighted by atomic mass is 10.1. The van der Waals surface area contributed by atoms with Gasteiger partial charge in [-0.05, 0) is 39.3 Å². The minimum absolute atomic E-state index is 0.553. The quantitative estimate of drug-likeness (QED) is 0.457. The Morgan fingerprint density at radius 2 is 1.89 bits per heavy atom. The second-order valence-corrected chi connectivity index (χ2v) is 5.84. The first kappa shape index (κ1) is 13.7. The molecule has 1 aliphatic carbocycles. The molecule has 0 aromatic heterocycles. The fourth-order valence-electron chi connectivity index (χ4n) is 3.09. The van der Waals surface area contributed by atoms with Gasteiger partial charge in [-0.25, -0.2) is 0 Å². The minimum atomic E-state index is 0.553. The number of rotatable bonds is 3. The molecule has 0 bridgehead atoms. The molecule has 2 aliphatic rings. The molecule has 0 radical (unpaired) electrons. The molecule has 2 fully saturated rings. The molecule has 1 heterocycles. The minimum Gasteiger partial charge on any atom is -0.370 e. The molecule has 1 saturated heterocycles. The van der Waals surface area contributed by atoms with Crippen molar-refractivity contribution in [2.75, 3.05) is 20.1 Å². The SMILES string of the molecule is CN1CCCC1CN=C(N)NC1CCCCCC1. The number of likely N-dealkylation sites (tertiary alicyclic amines) is 1. The zero-order valence-corrected chi connectivity index (χ0v) is 11.7. The standard InChI is InChI=1S/C14H28N4/c1-18-10-6-9-13(18)11-16-14(15)17-12-7-4-2-3-5-8-12/h12-13H,2-11H2,1H3,(H3,15,16,17). The van der Waals surface area contributed by atoms with Crippen LogP contribution in [-0.4, -0.2) is 43.1 Å². The van der Waals surface area contributed by atoms with E-state index in [-0.39, 0.29) is 0 Å². The first-order valence-electron chi connectivity index (χ1n) is 7.52. The Morgan fingerprint density at radius 1 is 1.17 bits per heavy atom. The normalized spacial score (nSPS) is 28.3. The molecule has 4 nitrogen and oxygen atoms in total. The van der Waals surface area contributed by atoms with Gasteiger partial charge < -0.3 is 16.0 Å². The molecule has 1 aliphatic heterocycles. The topological polar surface area (TPSA) is 53.6 Å². The van der Waals surface area contributed by atoms with Crippen LogP contribution in [0.3, 0.4) is 0 Å². The zero-order valence-electron chi connectivity index (χ0n) is 11.7. The van der Waals surface area contributed by atoms with E-state index >= 15 is 0 Å². The van der Waals surface area contributed by atoms with Gasteiger partial charge in [-0.15, -0.1) is 0 Å². The summed E-state index contributed by atoms with van der Waals surface area (Å²) in [7, 11) is 2.18. The second-order valence-electron chi connectivity index (χ2n) is 5.84. The van der Waals surface area contributed by atoms with Crippen molar-refractivity contribution in [1.82, 2.24) is 10.2 Å². The van der Waals surface area contributed by atoms with Crippen molar-refractivity contribution >= 4 is 5.96 Å². The lowest BCUT2D eigenvalue weighted by Crippen LogP contribution is -2.40. The number of hydrogen-bond donors (Lipinski definition) is 2. The van der Waals surface area contributed by atoms with Gasteiger partial charge in [0.2, 0.25) is 0 Å². The van der Waals surface area contributed by atoms with Crippen LogP contribution in [0.25, 0.3) is 0 Å². The Labute approximate surface area is 111 Å². The van der Waals surface area contributed by atoms with E-state index in [9.17, 15) is 0 Å². The molecule has 18 heavy (non-hydrogen) atoms. The Balaban J connectivity index is 1.73. The number of aliphatic imine (C=N–C) groups is 1. The fraction of sp³-hybridized carbons (Fsp3) is 0.929. The molecule has 0 amide bonds. The third-order valence-corrected chi connectivity index (χ3v) is 4.35. The molecule has 0 spiro atoms. The summed E-state index contributed by atoms with van der Waals surface area (Å²) in [4.78, 5) is 6.91. The van der Waals surface area contributed by atoms with E-state index in [1.807, 2.05) is 0 Å². The van der Waals surface area contributed by atoms with Gasteiger partial charge in [-0.2, -0.15) is 0 Å². The molecule has 1 unspecified atom stereocenters. The number of nitrogens with one attached hydrogen (secondary N) is 1. The summed E-state index contributed by atoms with van der Waals surface area (Å²) in [6, 6.07) is 1.15. The third kappa shape index (κ3) is 4.16. The summed E-state index contributed by atoms with van der Waals surface area (Å²) in [6.07, 6.45) is 10.5.